The van der Waals surface area contributed by atoms with Gasteiger partial charge in [0.25, 0.3) is 0 Å². The van der Waals surface area contributed by atoms with E-state index < -0.39 is 11.6 Å². The van der Waals surface area contributed by atoms with Gasteiger partial charge in [-0.05, 0) is 44.9 Å². The van der Waals surface area contributed by atoms with E-state index in [1.807, 2.05) is 0 Å². The number of benzene rings is 1. The van der Waals surface area contributed by atoms with E-state index in [2.05, 4.69) is 11.9 Å². The van der Waals surface area contributed by atoms with Gasteiger partial charge in [-0.25, -0.2) is 4.39 Å². The Bertz CT molecular complexity index is 562. The Balaban J connectivity index is 1.85. The minimum Gasteiger partial charge on any atom is -0.494 e. The van der Waals surface area contributed by atoms with Gasteiger partial charge in [-0.1, -0.05) is 0 Å². The van der Waals surface area contributed by atoms with Crippen LogP contribution in [0.2, 0.25) is 0 Å². The lowest BCUT2D eigenvalue weighted by Crippen LogP contribution is -2.42. The Morgan fingerprint density at radius 1 is 1.19 bits per heavy atom. The second-order valence-electron chi connectivity index (χ2n) is 6.03. The molecule has 2 saturated heterocycles. The van der Waals surface area contributed by atoms with Gasteiger partial charge in [-0.2, -0.15) is 4.39 Å². The average Bonchev–Trinajstić information content (AvgIpc) is 2.70. The van der Waals surface area contributed by atoms with Crippen LogP contribution in [0, 0.1) is 17.6 Å². The molecule has 2 aliphatic heterocycles. The summed E-state index contributed by atoms with van der Waals surface area (Å²) in [6.07, 6.45) is 3.65. The van der Waals surface area contributed by atoms with Crippen molar-refractivity contribution in [3.05, 3.63) is 29.3 Å². The van der Waals surface area contributed by atoms with E-state index in [0.29, 0.717) is 12.1 Å². The fourth-order valence-electron chi connectivity index (χ4n) is 3.73. The number of ether oxygens (including phenoxy) is 1. The first-order valence-electron chi connectivity index (χ1n) is 7.31. The van der Waals surface area contributed by atoms with Crippen LogP contribution >= 0.6 is 0 Å². The number of rotatable bonds is 3. The van der Waals surface area contributed by atoms with Crippen molar-refractivity contribution in [1.82, 2.24) is 4.90 Å². The number of carbonyl (C=O) groups is 1. The molecule has 0 N–H and O–H groups in total. The average molecular weight is 295 g/mol. The van der Waals surface area contributed by atoms with E-state index in [-0.39, 0.29) is 23.0 Å². The molecule has 3 nitrogen and oxygen atoms in total. The van der Waals surface area contributed by atoms with E-state index in [1.165, 1.54) is 19.2 Å². The highest BCUT2D eigenvalue weighted by Crippen LogP contribution is 2.39. The largest absolute Gasteiger partial charge is 0.494 e. The minimum atomic E-state index is -1.09. The van der Waals surface area contributed by atoms with Crippen molar-refractivity contribution in [2.45, 2.75) is 37.8 Å². The number of halogens is 2. The number of methoxy groups -OCH3 is 1. The molecular weight excluding hydrogens is 276 g/mol. The van der Waals surface area contributed by atoms with E-state index in [0.717, 1.165) is 25.7 Å². The van der Waals surface area contributed by atoms with Crippen molar-refractivity contribution in [2.24, 2.45) is 5.92 Å². The lowest BCUT2D eigenvalue weighted by Gasteiger charge is -2.35. The van der Waals surface area contributed by atoms with Crippen molar-refractivity contribution < 1.29 is 18.3 Å². The van der Waals surface area contributed by atoms with Crippen LogP contribution in [0.3, 0.4) is 0 Å². The second-order valence-corrected chi connectivity index (χ2v) is 6.03. The van der Waals surface area contributed by atoms with Crippen molar-refractivity contribution in [2.75, 3.05) is 14.2 Å². The zero-order valence-electron chi connectivity index (χ0n) is 12.2. The van der Waals surface area contributed by atoms with E-state index >= 15 is 0 Å². The summed E-state index contributed by atoms with van der Waals surface area (Å²) in [5.74, 6) is -2.84. The number of carbonyl (C=O) groups excluding carboxylic acids is 1. The standard InChI is InChI=1S/C16H19F2NO2/c1-19-10-3-4-11(19)8-9(7-10)16(20)12-5-6-13(21-2)15(18)14(12)17/h5-6,9-11H,3-4,7-8H2,1-2H3. The third-order valence-corrected chi connectivity index (χ3v) is 5.00. The first kappa shape index (κ1) is 14.4. The van der Waals surface area contributed by atoms with E-state index in [4.69, 9.17) is 4.74 Å². The molecule has 1 aromatic carbocycles. The summed E-state index contributed by atoms with van der Waals surface area (Å²) < 4.78 is 32.5. The molecule has 2 unspecified atom stereocenters. The number of hydrogen-bond acceptors (Lipinski definition) is 3. The summed E-state index contributed by atoms with van der Waals surface area (Å²) in [6.45, 7) is 0. The lowest BCUT2D eigenvalue weighted by molar-refractivity contribution is 0.0762. The molecule has 0 aliphatic carbocycles. The van der Waals surface area contributed by atoms with Gasteiger partial charge in [0.1, 0.15) is 0 Å². The summed E-state index contributed by atoms with van der Waals surface area (Å²) in [5, 5.41) is 0. The van der Waals surface area contributed by atoms with Crippen LogP contribution in [0.5, 0.6) is 5.75 Å². The molecule has 0 spiro atoms. The third-order valence-electron chi connectivity index (χ3n) is 5.00. The Morgan fingerprint density at radius 3 is 2.38 bits per heavy atom. The van der Waals surface area contributed by atoms with Gasteiger partial charge in [0.05, 0.1) is 12.7 Å². The molecule has 0 radical (unpaired) electrons. The SMILES string of the molecule is COc1ccc(C(=O)C2CC3CCC(C2)N3C)c(F)c1F. The quantitative estimate of drug-likeness (QED) is 0.803. The molecule has 1 aromatic rings. The molecular formula is C16H19F2NO2. The maximum absolute atomic E-state index is 14.1. The Kier molecular flexibility index (Phi) is 3.69. The number of Topliss-reactive ketones (excluding diaryl/α,β-unsaturated/α-hetero) is 1. The smallest absolute Gasteiger partial charge is 0.201 e. The van der Waals surface area contributed by atoms with Crippen LogP contribution in [-0.2, 0) is 0 Å². The van der Waals surface area contributed by atoms with E-state index in [9.17, 15) is 13.6 Å². The normalized spacial score (nSPS) is 28.7. The molecule has 21 heavy (non-hydrogen) atoms. The molecule has 2 heterocycles. The zero-order chi connectivity index (χ0) is 15.1. The fraction of sp³-hybridized carbons (Fsp3) is 0.562. The lowest BCUT2D eigenvalue weighted by atomic mass is 9.85. The van der Waals surface area contributed by atoms with Crippen LogP contribution in [0.15, 0.2) is 12.1 Å². The summed E-state index contributed by atoms with van der Waals surface area (Å²) in [5.41, 5.74) is -0.151. The van der Waals surface area contributed by atoms with Gasteiger partial charge in [0.15, 0.2) is 17.3 Å². The Morgan fingerprint density at radius 2 is 1.81 bits per heavy atom. The Labute approximate surface area is 122 Å². The van der Waals surface area contributed by atoms with Crippen LogP contribution in [0.25, 0.3) is 0 Å². The zero-order valence-corrected chi connectivity index (χ0v) is 12.2. The fourth-order valence-corrected chi connectivity index (χ4v) is 3.73. The van der Waals surface area contributed by atoms with Gasteiger partial charge in [0, 0.05) is 18.0 Å². The molecule has 3 rings (SSSR count). The van der Waals surface area contributed by atoms with Crippen LogP contribution < -0.4 is 4.74 Å². The first-order chi connectivity index (χ1) is 10.0. The third kappa shape index (κ3) is 2.33. The molecule has 5 heteroatoms. The van der Waals surface area contributed by atoms with Crippen molar-refractivity contribution in [3.8, 4) is 5.75 Å². The van der Waals surface area contributed by atoms with Gasteiger partial charge in [0.2, 0.25) is 5.82 Å². The first-order valence-corrected chi connectivity index (χ1v) is 7.31. The number of fused-ring (bicyclic) bond motifs is 2. The maximum atomic E-state index is 14.1. The molecule has 2 fully saturated rings. The summed E-state index contributed by atoms with van der Waals surface area (Å²) in [4.78, 5) is 14.8. The molecule has 0 aromatic heterocycles. The minimum absolute atomic E-state index is 0.151. The van der Waals surface area contributed by atoms with Crippen molar-refractivity contribution in [1.29, 1.82) is 0 Å². The molecule has 0 amide bonds. The number of nitrogens with zero attached hydrogens (tertiary/aromatic N) is 1. The van der Waals surface area contributed by atoms with Gasteiger partial charge >= 0.3 is 0 Å². The summed E-state index contributed by atoms with van der Waals surface area (Å²) >= 11 is 0. The monoisotopic (exact) mass is 295 g/mol. The van der Waals surface area contributed by atoms with Crippen LogP contribution in [0.4, 0.5) is 8.78 Å². The number of hydrogen-bond donors (Lipinski definition) is 0. The van der Waals surface area contributed by atoms with Gasteiger partial charge in [-0.15, -0.1) is 0 Å². The highest BCUT2D eigenvalue weighted by molar-refractivity contribution is 5.98. The Hall–Kier alpha value is -1.49. The second kappa shape index (κ2) is 5.37. The number of piperidine rings is 1. The predicted octanol–water partition coefficient (Wildman–Crippen LogP) is 3.03. The summed E-state index contributed by atoms with van der Waals surface area (Å²) in [7, 11) is 3.35. The van der Waals surface area contributed by atoms with Gasteiger partial charge < -0.3 is 9.64 Å². The van der Waals surface area contributed by atoms with Crippen LogP contribution in [-0.4, -0.2) is 36.9 Å². The molecule has 2 bridgehead atoms. The molecule has 2 aliphatic rings. The van der Waals surface area contributed by atoms with Crippen LogP contribution in [0.1, 0.15) is 36.0 Å². The van der Waals surface area contributed by atoms with E-state index in [1.54, 1.807) is 0 Å². The highest BCUT2D eigenvalue weighted by atomic mass is 19.2. The summed E-state index contributed by atoms with van der Waals surface area (Å²) in [6, 6.07) is 3.43. The number of ketones is 1. The van der Waals surface area contributed by atoms with Crippen molar-refractivity contribution in [3.63, 3.8) is 0 Å². The predicted molar refractivity (Wildman–Crippen MR) is 74.5 cm³/mol. The molecule has 114 valence electrons. The maximum Gasteiger partial charge on any atom is 0.201 e. The highest BCUT2D eigenvalue weighted by Gasteiger charge is 2.41. The molecule has 2 atom stereocenters. The molecule has 0 saturated carbocycles. The topological polar surface area (TPSA) is 29.5 Å². The van der Waals surface area contributed by atoms with Gasteiger partial charge in [-0.3, -0.25) is 4.79 Å². The van der Waals surface area contributed by atoms with Crippen molar-refractivity contribution >= 4 is 5.78 Å².